The maximum atomic E-state index is 12.6. The number of hydrogen-bond acceptors (Lipinski definition) is 4. The van der Waals surface area contributed by atoms with Crippen molar-refractivity contribution in [1.82, 2.24) is 4.72 Å². The van der Waals surface area contributed by atoms with Gasteiger partial charge in [0.25, 0.3) is 10.1 Å². The maximum Gasteiger partial charge on any atom is 0.264 e. The van der Waals surface area contributed by atoms with Crippen LogP contribution in [-0.4, -0.2) is 67.7 Å². The van der Waals surface area contributed by atoms with Gasteiger partial charge in [0.05, 0.1) is 16.9 Å². The first-order valence-electron chi connectivity index (χ1n) is 18.8. The van der Waals surface area contributed by atoms with E-state index >= 15 is 0 Å². The molecular weight excluding hydrogens is 719 g/mol. The molecule has 0 saturated heterocycles. The van der Waals surface area contributed by atoms with Gasteiger partial charge in [-0.25, -0.2) is 8.93 Å². The number of benzene rings is 4. The SMILES string of the molecule is CCNS(=O)(O)(O)CCCCN1C(=CC=CC=CC2=[N+](CCCCS(=O)(=O)O)c3ccc4ccccc4c3C2(C)C)C(C)(C)c2c1ccc1ccccc21. The fourth-order valence-electron chi connectivity index (χ4n) is 8.46. The van der Waals surface area contributed by atoms with Gasteiger partial charge in [0.15, 0.2) is 5.71 Å². The summed E-state index contributed by atoms with van der Waals surface area (Å²) in [6.07, 6.45) is 12.4. The summed E-state index contributed by atoms with van der Waals surface area (Å²) in [6, 6.07) is 25.4. The zero-order valence-corrected chi connectivity index (χ0v) is 33.6. The Kier molecular flexibility index (Phi) is 11.0. The molecule has 0 bridgehead atoms. The van der Waals surface area contributed by atoms with Crippen LogP contribution in [0.25, 0.3) is 21.5 Å². The van der Waals surface area contributed by atoms with Crippen molar-refractivity contribution >= 4 is 58.6 Å². The standard InChI is InChI=1S/C43H53N3O6S2/c1-6-44-54(50,51,52)31-17-15-29-46-37-27-25-33-19-11-13-21-35(33)41(37)43(4,5)39(46)23-9-7-8-22-38-42(2,3)40-34-20-12-10-18-32(34)24-26-36(40)45(38)28-14-16-30-53(47,48)49/h7-13,18-27H,6,14-17,28-31H2,1-5H3,(H3-,44,47,48,49,50,51,52)/p+1. The summed E-state index contributed by atoms with van der Waals surface area (Å²) in [5.74, 6) is -0.493. The molecule has 6 rings (SSSR count). The minimum Gasteiger partial charge on any atom is -0.344 e. The van der Waals surface area contributed by atoms with Gasteiger partial charge in [0.1, 0.15) is 16.4 Å². The average Bonchev–Trinajstić information content (AvgIpc) is 3.46. The largest absolute Gasteiger partial charge is 0.344 e. The van der Waals surface area contributed by atoms with E-state index in [2.05, 4.69) is 127 Å². The lowest BCUT2D eigenvalue weighted by Crippen LogP contribution is -2.49. The summed E-state index contributed by atoms with van der Waals surface area (Å²) >= 11 is 0. The van der Waals surface area contributed by atoms with Crippen LogP contribution in [0.3, 0.4) is 0 Å². The van der Waals surface area contributed by atoms with Crippen LogP contribution in [0.2, 0.25) is 0 Å². The van der Waals surface area contributed by atoms with E-state index in [0.29, 0.717) is 38.8 Å². The summed E-state index contributed by atoms with van der Waals surface area (Å²) in [4.78, 5) is 2.31. The Balaban J connectivity index is 1.31. The molecule has 0 fully saturated rings. The fourth-order valence-corrected chi connectivity index (χ4v) is 10.5. The van der Waals surface area contributed by atoms with E-state index in [1.807, 2.05) is 18.2 Å². The Bertz CT molecular complexity index is 2380. The Morgan fingerprint density at radius 2 is 1.44 bits per heavy atom. The monoisotopic (exact) mass is 772 g/mol. The molecular formula is C43H54N3O6S2+. The highest BCUT2D eigenvalue weighted by Gasteiger charge is 2.45. The first kappa shape index (κ1) is 39.7. The molecule has 0 unspecified atom stereocenters. The van der Waals surface area contributed by atoms with Crippen molar-refractivity contribution in [3.8, 4) is 0 Å². The molecule has 0 aliphatic carbocycles. The van der Waals surface area contributed by atoms with Crippen molar-refractivity contribution < 1.29 is 30.9 Å². The van der Waals surface area contributed by atoms with E-state index in [1.165, 1.54) is 32.7 Å². The Labute approximate surface area is 320 Å². The van der Waals surface area contributed by atoms with Gasteiger partial charge in [0.2, 0.25) is 5.69 Å². The Morgan fingerprint density at radius 3 is 2.11 bits per heavy atom. The lowest BCUT2D eigenvalue weighted by atomic mass is 9.79. The summed E-state index contributed by atoms with van der Waals surface area (Å²) in [6.45, 7) is 12.1. The topological polar surface area (TPSA) is 130 Å². The third kappa shape index (κ3) is 8.17. The van der Waals surface area contributed by atoms with Crippen LogP contribution in [-0.2, 0) is 30.8 Å². The number of allylic oxidation sites excluding steroid dienone is 6. The highest BCUT2D eigenvalue weighted by Crippen LogP contribution is 2.51. The summed E-state index contributed by atoms with van der Waals surface area (Å²) in [5.41, 5.74) is 6.28. The molecule has 4 N–H and O–H groups in total. The van der Waals surface area contributed by atoms with Gasteiger partial charge in [-0.15, -0.1) is 0 Å². The van der Waals surface area contributed by atoms with Gasteiger partial charge in [-0.05, 0) is 78.4 Å². The Morgan fingerprint density at radius 1 is 0.796 bits per heavy atom. The van der Waals surface area contributed by atoms with E-state index < -0.39 is 19.9 Å². The molecule has 4 aromatic rings. The molecule has 9 nitrogen and oxygen atoms in total. The van der Waals surface area contributed by atoms with Crippen LogP contribution in [0.15, 0.2) is 109 Å². The molecule has 288 valence electrons. The van der Waals surface area contributed by atoms with Gasteiger partial charge in [0, 0.05) is 54.0 Å². The molecule has 2 heterocycles. The molecule has 0 spiro atoms. The highest BCUT2D eigenvalue weighted by molar-refractivity contribution is 8.08. The quantitative estimate of drug-likeness (QED) is 0.0411. The van der Waals surface area contributed by atoms with Gasteiger partial charge in [-0.3, -0.25) is 13.7 Å². The van der Waals surface area contributed by atoms with Crippen LogP contribution in [0.1, 0.15) is 71.4 Å². The number of unbranched alkanes of at least 4 members (excludes halogenated alkanes) is 2. The van der Waals surface area contributed by atoms with Crippen molar-refractivity contribution in [2.75, 3.05) is 36.0 Å². The summed E-state index contributed by atoms with van der Waals surface area (Å²) in [7, 11) is -8.87. The molecule has 2 aliphatic heterocycles. The van der Waals surface area contributed by atoms with Gasteiger partial charge >= 0.3 is 0 Å². The molecule has 11 heteroatoms. The molecule has 54 heavy (non-hydrogen) atoms. The van der Waals surface area contributed by atoms with Crippen molar-refractivity contribution in [2.45, 2.75) is 71.1 Å². The van der Waals surface area contributed by atoms with Crippen molar-refractivity contribution in [1.29, 1.82) is 0 Å². The molecule has 0 saturated carbocycles. The number of nitrogens with zero attached hydrogens (tertiary/aromatic N) is 2. The van der Waals surface area contributed by atoms with Gasteiger partial charge in [-0.1, -0.05) is 93.6 Å². The molecule has 0 amide bonds. The van der Waals surface area contributed by atoms with E-state index in [-0.39, 0.29) is 28.9 Å². The first-order chi connectivity index (χ1) is 25.4. The molecule has 0 atom stereocenters. The van der Waals surface area contributed by atoms with Gasteiger partial charge in [-0.2, -0.15) is 13.0 Å². The highest BCUT2D eigenvalue weighted by atomic mass is 32.3. The smallest absolute Gasteiger partial charge is 0.264 e. The average molecular weight is 773 g/mol. The second-order valence-corrected chi connectivity index (χ2v) is 19.8. The number of rotatable bonds is 15. The van der Waals surface area contributed by atoms with Gasteiger partial charge < -0.3 is 4.90 Å². The molecule has 2 aliphatic rings. The Hall–Kier alpha value is -3.97. The minimum absolute atomic E-state index is 0.197. The van der Waals surface area contributed by atoms with Crippen LogP contribution < -0.4 is 9.62 Å². The fraction of sp³-hybridized carbons (Fsp3) is 0.372. The van der Waals surface area contributed by atoms with Crippen LogP contribution in [0.4, 0.5) is 11.4 Å². The molecule has 0 radical (unpaired) electrons. The van der Waals surface area contributed by atoms with E-state index in [9.17, 15) is 26.3 Å². The predicted octanol–water partition coefficient (Wildman–Crippen LogP) is 8.90. The lowest BCUT2D eigenvalue weighted by molar-refractivity contribution is -0.438. The zero-order chi connectivity index (χ0) is 39.0. The first-order valence-corrected chi connectivity index (χ1v) is 22.5. The minimum atomic E-state index is -4.84. The second kappa shape index (κ2) is 14.9. The number of hydrogen-bond donors (Lipinski definition) is 4. The lowest BCUT2D eigenvalue weighted by Gasteiger charge is -2.31. The van der Waals surface area contributed by atoms with Crippen molar-refractivity contribution in [3.63, 3.8) is 0 Å². The second-order valence-electron chi connectivity index (χ2n) is 15.5. The van der Waals surface area contributed by atoms with Crippen molar-refractivity contribution in [3.05, 3.63) is 120 Å². The van der Waals surface area contributed by atoms with Crippen LogP contribution in [0.5, 0.6) is 0 Å². The summed E-state index contributed by atoms with van der Waals surface area (Å²) < 4.78 is 70.0. The number of fused-ring (bicyclic) bond motifs is 6. The summed E-state index contributed by atoms with van der Waals surface area (Å²) in [5, 5.41) is 4.73. The van der Waals surface area contributed by atoms with Crippen LogP contribution in [0, 0.1) is 0 Å². The number of anilines is 1. The zero-order valence-electron chi connectivity index (χ0n) is 32.0. The molecule has 0 aromatic heterocycles. The predicted molar refractivity (Wildman–Crippen MR) is 224 cm³/mol. The van der Waals surface area contributed by atoms with E-state index in [1.54, 1.807) is 6.92 Å². The van der Waals surface area contributed by atoms with Crippen LogP contribution >= 0.6 is 0 Å². The van der Waals surface area contributed by atoms with Crippen molar-refractivity contribution in [2.24, 2.45) is 0 Å². The third-order valence-electron chi connectivity index (χ3n) is 10.9. The normalized spacial score (nSPS) is 18.3. The third-order valence-corrected chi connectivity index (χ3v) is 13.5. The van der Waals surface area contributed by atoms with E-state index in [4.69, 9.17) is 0 Å². The van der Waals surface area contributed by atoms with E-state index in [0.717, 1.165) is 22.8 Å². The molecule has 4 aromatic carbocycles. The maximum absolute atomic E-state index is 12.6. The number of nitrogens with one attached hydrogen (secondary N) is 1.